The van der Waals surface area contributed by atoms with Gasteiger partial charge in [0.05, 0.1) is 10.6 Å². The third-order valence-corrected chi connectivity index (χ3v) is 7.87. The van der Waals surface area contributed by atoms with Crippen molar-refractivity contribution >= 4 is 32.4 Å². The molecule has 0 atom stereocenters. The molecule has 1 aliphatic heterocycles. The summed E-state index contributed by atoms with van der Waals surface area (Å²) in [5.74, 6) is -0.263. The third kappa shape index (κ3) is 3.41. The summed E-state index contributed by atoms with van der Waals surface area (Å²) in [6.07, 6.45) is 6.14. The lowest BCUT2D eigenvalue weighted by molar-refractivity contribution is 0.102. The average Bonchev–Trinajstić information content (AvgIpc) is 3.31. The normalized spacial score (nSPS) is 17.8. The number of nitrogens with one attached hydrogen (secondary N) is 1. The van der Waals surface area contributed by atoms with Gasteiger partial charge in [0, 0.05) is 23.5 Å². The summed E-state index contributed by atoms with van der Waals surface area (Å²) < 4.78 is 26.6. The number of fused-ring (bicyclic) bond motifs is 1. The van der Waals surface area contributed by atoms with E-state index in [4.69, 9.17) is 0 Å². The van der Waals surface area contributed by atoms with E-state index in [1.807, 2.05) is 0 Å². The molecule has 1 fully saturated rings. The van der Waals surface area contributed by atoms with Gasteiger partial charge in [0.15, 0.2) is 5.13 Å². The summed E-state index contributed by atoms with van der Waals surface area (Å²) in [6, 6.07) is 6.14. The largest absolute Gasteiger partial charge is 0.298 e. The maximum atomic E-state index is 12.5. The van der Waals surface area contributed by atoms with Crippen molar-refractivity contribution in [2.45, 2.75) is 43.4 Å². The van der Waals surface area contributed by atoms with Crippen molar-refractivity contribution in [3.05, 3.63) is 40.4 Å². The average molecular weight is 392 g/mol. The zero-order valence-corrected chi connectivity index (χ0v) is 16.0. The number of anilines is 1. The van der Waals surface area contributed by atoms with E-state index in [1.54, 1.807) is 12.1 Å². The van der Waals surface area contributed by atoms with Crippen LogP contribution >= 0.6 is 11.3 Å². The standard InChI is InChI=1S/C18H21N3O3S2/c22-17(20-18-19-15-5-1-2-6-16(15)25-18)13-7-9-14(10-8-13)26(23,24)21-11-3-4-12-21/h7-10H,1-6,11-12H2,(H,19,20,22). The predicted molar refractivity (Wildman–Crippen MR) is 101 cm³/mol. The van der Waals surface area contributed by atoms with Crippen molar-refractivity contribution in [3.8, 4) is 0 Å². The molecule has 1 saturated heterocycles. The number of aryl methyl sites for hydroxylation is 2. The molecule has 0 bridgehead atoms. The molecule has 0 saturated carbocycles. The van der Waals surface area contributed by atoms with Crippen molar-refractivity contribution in [2.24, 2.45) is 0 Å². The van der Waals surface area contributed by atoms with E-state index in [0.717, 1.165) is 37.8 Å². The highest BCUT2D eigenvalue weighted by Gasteiger charge is 2.27. The van der Waals surface area contributed by atoms with Gasteiger partial charge in [0.25, 0.3) is 5.91 Å². The van der Waals surface area contributed by atoms with Crippen LogP contribution in [0.15, 0.2) is 29.2 Å². The van der Waals surface area contributed by atoms with Crippen LogP contribution in [0.5, 0.6) is 0 Å². The third-order valence-electron chi connectivity index (χ3n) is 4.89. The Hall–Kier alpha value is -1.77. The second-order valence-corrected chi connectivity index (χ2v) is 9.71. The minimum Gasteiger partial charge on any atom is -0.298 e. The van der Waals surface area contributed by atoms with E-state index in [0.29, 0.717) is 23.8 Å². The first-order chi connectivity index (χ1) is 12.5. The molecule has 26 heavy (non-hydrogen) atoms. The fraction of sp³-hybridized carbons (Fsp3) is 0.444. The van der Waals surface area contributed by atoms with Gasteiger partial charge >= 0.3 is 0 Å². The van der Waals surface area contributed by atoms with Gasteiger partial charge in [-0.05, 0) is 62.8 Å². The first-order valence-corrected chi connectivity index (χ1v) is 11.2. The highest BCUT2D eigenvalue weighted by atomic mass is 32.2. The fourth-order valence-corrected chi connectivity index (χ4v) is 5.99. The molecular weight excluding hydrogens is 370 g/mol. The van der Waals surface area contributed by atoms with E-state index in [9.17, 15) is 13.2 Å². The van der Waals surface area contributed by atoms with Crippen LogP contribution < -0.4 is 5.32 Å². The highest BCUT2D eigenvalue weighted by molar-refractivity contribution is 7.89. The zero-order valence-electron chi connectivity index (χ0n) is 14.4. The number of nitrogens with zero attached hydrogens (tertiary/aromatic N) is 2. The Morgan fingerprint density at radius 1 is 1.04 bits per heavy atom. The number of aromatic nitrogens is 1. The Morgan fingerprint density at radius 2 is 1.73 bits per heavy atom. The van der Waals surface area contributed by atoms with E-state index in [1.165, 1.54) is 39.1 Å². The molecule has 1 aromatic heterocycles. The first-order valence-electron chi connectivity index (χ1n) is 8.94. The maximum absolute atomic E-state index is 12.5. The Labute approximate surface area is 157 Å². The molecule has 1 amide bonds. The Balaban J connectivity index is 1.48. The quantitative estimate of drug-likeness (QED) is 0.869. The summed E-state index contributed by atoms with van der Waals surface area (Å²) in [4.78, 5) is 18.4. The molecule has 0 unspecified atom stereocenters. The second-order valence-electron chi connectivity index (χ2n) is 6.69. The van der Waals surface area contributed by atoms with Crippen molar-refractivity contribution in [1.82, 2.24) is 9.29 Å². The molecule has 1 aromatic carbocycles. The molecule has 1 N–H and O–H groups in total. The minimum atomic E-state index is -3.45. The van der Waals surface area contributed by atoms with Crippen LogP contribution in [0.1, 0.15) is 46.6 Å². The first kappa shape index (κ1) is 17.6. The van der Waals surface area contributed by atoms with Crippen LogP contribution in [0.4, 0.5) is 5.13 Å². The number of rotatable bonds is 4. The number of thiazole rings is 1. The van der Waals surface area contributed by atoms with Crippen LogP contribution in [-0.4, -0.2) is 36.7 Å². The molecule has 6 nitrogen and oxygen atoms in total. The predicted octanol–water partition coefficient (Wildman–Crippen LogP) is 3.06. The number of amides is 1. The second kappa shape index (κ2) is 7.09. The van der Waals surface area contributed by atoms with Crippen LogP contribution in [-0.2, 0) is 22.9 Å². The number of hydrogen-bond acceptors (Lipinski definition) is 5. The van der Waals surface area contributed by atoms with E-state index in [-0.39, 0.29) is 10.8 Å². The Bertz CT molecular complexity index is 890. The van der Waals surface area contributed by atoms with Crippen molar-refractivity contribution in [3.63, 3.8) is 0 Å². The van der Waals surface area contributed by atoms with Crippen molar-refractivity contribution in [2.75, 3.05) is 18.4 Å². The number of sulfonamides is 1. The summed E-state index contributed by atoms with van der Waals surface area (Å²) in [5, 5.41) is 3.46. The van der Waals surface area contributed by atoms with Gasteiger partial charge in [0.2, 0.25) is 10.0 Å². The topological polar surface area (TPSA) is 79.4 Å². The molecule has 2 aromatic rings. The lowest BCUT2D eigenvalue weighted by Gasteiger charge is -2.15. The number of benzene rings is 1. The number of hydrogen-bond donors (Lipinski definition) is 1. The molecular formula is C18H21N3O3S2. The Kier molecular flexibility index (Phi) is 4.81. The van der Waals surface area contributed by atoms with Gasteiger partial charge in [-0.15, -0.1) is 11.3 Å². The van der Waals surface area contributed by atoms with Gasteiger partial charge in [-0.1, -0.05) is 0 Å². The van der Waals surface area contributed by atoms with Gasteiger partial charge in [0.1, 0.15) is 0 Å². The molecule has 0 spiro atoms. The van der Waals surface area contributed by atoms with Crippen LogP contribution in [0.25, 0.3) is 0 Å². The van der Waals surface area contributed by atoms with Gasteiger partial charge in [-0.3, -0.25) is 10.1 Å². The van der Waals surface area contributed by atoms with E-state index < -0.39 is 10.0 Å². The lowest BCUT2D eigenvalue weighted by Crippen LogP contribution is -2.27. The number of carbonyl (C=O) groups is 1. The van der Waals surface area contributed by atoms with E-state index >= 15 is 0 Å². The minimum absolute atomic E-state index is 0.237. The van der Waals surface area contributed by atoms with Crippen molar-refractivity contribution < 1.29 is 13.2 Å². The fourth-order valence-electron chi connectivity index (χ4n) is 3.43. The summed E-state index contributed by atoms with van der Waals surface area (Å²) >= 11 is 1.54. The smallest absolute Gasteiger partial charge is 0.257 e. The molecule has 138 valence electrons. The lowest BCUT2D eigenvalue weighted by atomic mass is 10.0. The van der Waals surface area contributed by atoms with Gasteiger partial charge in [-0.25, -0.2) is 13.4 Å². The van der Waals surface area contributed by atoms with Gasteiger partial charge in [-0.2, -0.15) is 4.31 Å². The Morgan fingerprint density at radius 3 is 2.42 bits per heavy atom. The molecule has 8 heteroatoms. The molecule has 0 radical (unpaired) electrons. The molecule has 1 aliphatic carbocycles. The van der Waals surface area contributed by atoms with Crippen LogP contribution in [0.3, 0.4) is 0 Å². The molecule has 4 rings (SSSR count). The van der Waals surface area contributed by atoms with E-state index in [2.05, 4.69) is 10.3 Å². The summed E-state index contributed by atoms with van der Waals surface area (Å²) in [7, 11) is -3.45. The monoisotopic (exact) mass is 391 g/mol. The van der Waals surface area contributed by atoms with Crippen LogP contribution in [0, 0.1) is 0 Å². The maximum Gasteiger partial charge on any atom is 0.257 e. The highest BCUT2D eigenvalue weighted by Crippen LogP contribution is 2.30. The zero-order chi connectivity index (χ0) is 18.1. The molecule has 2 aliphatic rings. The van der Waals surface area contributed by atoms with Crippen molar-refractivity contribution in [1.29, 1.82) is 0 Å². The SMILES string of the molecule is O=C(Nc1nc2c(s1)CCCC2)c1ccc(S(=O)(=O)N2CCCC2)cc1. The number of carbonyl (C=O) groups excluding carboxylic acids is 1. The molecule has 2 heterocycles. The summed E-state index contributed by atoms with van der Waals surface area (Å²) in [5.41, 5.74) is 1.53. The van der Waals surface area contributed by atoms with Gasteiger partial charge < -0.3 is 0 Å². The van der Waals surface area contributed by atoms with Crippen LogP contribution in [0.2, 0.25) is 0 Å². The summed E-state index contributed by atoms with van der Waals surface area (Å²) in [6.45, 7) is 1.14.